The molecule has 20 heavy (non-hydrogen) atoms. The SMILES string of the molecule is CCC(c1ccccc1)N(C)C(=O)ON1CCCCC1. The van der Waals surface area contributed by atoms with Gasteiger partial charge in [-0.25, -0.2) is 4.79 Å². The Bertz CT molecular complexity index is 416. The lowest BCUT2D eigenvalue weighted by Crippen LogP contribution is -2.39. The minimum Gasteiger partial charge on any atom is -0.351 e. The number of hydroxylamine groups is 2. The van der Waals surface area contributed by atoms with Crippen molar-refractivity contribution in [3.05, 3.63) is 35.9 Å². The first kappa shape index (κ1) is 14.9. The molecule has 1 aromatic carbocycles. The molecule has 1 heterocycles. The van der Waals surface area contributed by atoms with Gasteiger partial charge in [-0.15, -0.1) is 5.06 Å². The van der Waals surface area contributed by atoms with E-state index in [1.807, 2.05) is 25.2 Å². The van der Waals surface area contributed by atoms with Gasteiger partial charge in [-0.05, 0) is 24.8 Å². The van der Waals surface area contributed by atoms with E-state index >= 15 is 0 Å². The molecular formula is C16H24N2O2. The maximum absolute atomic E-state index is 12.2. The minimum absolute atomic E-state index is 0.0634. The van der Waals surface area contributed by atoms with Gasteiger partial charge >= 0.3 is 6.09 Å². The lowest BCUT2D eigenvalue weighted by Gasteiger charge is -2.31. The van der Waals surface area contributed by atoms with Crippen molar-refractivity contribution >= 4 is 6.09 Å². The van der Waals surface area contributed by atoms with Gasteiger partial charge in [0.2, 0.25) is 0 Å². The molecule has 1 aliphatic heterocycles. The third-order valence-electron chi connectivity index (χ3n) is 3.85. The summed E-state index contributed by atoms with van der Waals surface area (Å²) in [5.41, 5.74) is 1.15. The summed E-state index contributed by atoms with van der Waals surface area (Å²) in [5.74, 6) is 0. The van der Waals surface area contributed by atoms with Crippen LogP contribution in [0, 0.1) is 0 Å². The van der Waals surface area contributed by atoms with Crippen molar-refractivity contribution in [2.24, 2.45) is 0 Å². The Morgan fingerprint density at radius 2 is 1.90 bits per heavy atom. The number of hydrogen-bond donors (Lipinski definition) is 0. The van der Waals surface area contributed by atoms with Crippen molar-refractivity contribution in [1.29, 1.82) is 0 Å². The van der Waals surface area contributed by atoms with Gasteiger partial charge in [0, 0.05) is 20.1 Å². The summed E-state index contributed by atoms with van der Waals surface area (Å²) in [6.45, 7) is 3.78. The molecule has 1 saturated heterocycles. The number of nitrogens with zero attached hydrogens (tertiary/aromatic N) is 2. The third-order valence-corrected chi connectivity index (χ3v) is 3.85. The van der Waals surface area contributed by atoms with Gasteiger partial charge in [-0.2, -0.15) is 0 Å². The summed E-state index contributed by atoms with van der Waals surface area (Å²) in [6.07, 6.45) is 4.04. The van der Waals surface area contributed by atoms with E-state index in [9.17, 15) is 4.79 Å². The van der Waals surface area contributed by atoms with Crippen LogP contribution in [0.2, 0.25) is 0 Å². The summed E-state index contributed by atoms with van der Waals surface area (Å²) in [4.78, 5) is 19.4. The van der Waals surface area contributed by atoms with Crippen molar-refractivity contribution in [3.8, 4) is 0 Å². The maximum atomic E-state index is 12.2. The first-order chi connectivity index (χ1) is 9.72. The van der Waals surface area contributed by atoms with Crippen molar-refractivity contribution in [3.63, 3.8) is 0 Å². The number of carbonyl (C=O) groups excluding carboxylic acids is 1. The number of hydrogen-bond acceptors (Lipinski definition) is 3. The molecule has 0 spiro atoms. The largest absolute Gasteiger partial charge is 0.429 e. The minimum atomic E-state index is -0.261. The van der Waals surface area contributed by atoms with Crippen molar-refractivity contribution in [2.75, 3.05) is 20.1 Å². The lowest BCUT2D eigenvalue weighted by atomic mass is 10.0. The monoisotopic (exact) mass is 276 g/mol. The Balaban J connectivity index is 1.97. The molecule has 1 aliphatic rings. The molecule has 0 saturated carbocycles. The molecule has 0 aromatic heterocycles. The fourth-order valence-electron chi connectivity index (χ4n) is 2.67. The highest BCUT2D eigenvalue weighted by molar-refractivity contribution is 5.67. The predicted molar refractivity (Wildman–Crippen MR) is 79.1 cm³/mol. The highest BCUT2D eigenvalue weighted by Gasteiger charge is 2.24. The Labute approximate surface area is 121 Å². The number of piperidine rings is 1. The van der Waals surface area contributed by atoms with E-state index in [4.69, 9.17) is 4.84 Å². The van der Waals surface area contributed by atoms with Gasteiger partial charge in [-0.1, -0.05) is 43.7 Å². The Kier molecular flexibility index (Phi) is 5.41. The van der Waals surface area contributed by atoms with Gasteiger partial charge in [0.1, 0.15) is 0 Å². The maximum Gasteiger partial charge on any atom is 0.429 e. The fraction of sp³-hybridized carbons (Fsp3) is 0.562. The Morgan fingerprint density at radius 3 is 2.50 bits per heavy atom. The molecule has 1 fully saturated rings. The quantitative estimate of drug-likeness (QED) is 0.842. The molecule has 0 aliphatic carbocycles. The second-order valence-electron chi connectivity index (χ2n) is 5.29. The standard InChI is InChI=1S/C16H24N2O2/c1-3-15(14-10-6-4-7-11-14)17(2)16(19)20-18-12-8-5-9-13-18/h4,6-7,10-11,15H,3,5,8-9,12-13H2,1-2H3. The van der Waals surface area contributed by atoms with E-state index in [0.717, 1.165) is 37.9 Å². The zero-order valence-corrected chi connectivity index (χ0v) is 12.4. The van der Waals surface area contributed by atoms with Gasteiger partial charge in [0.15, 0.2) is 0 Å². The van der Waals surface area contributed by atoms with Crippen LogP contribution >= 0.6 is 0 Å². The summed E-state index contributed by atoms with van der Waals surface area (Å²) < 4.78 is 0. The van der Waals surface area contributed by atoms with E-state index in [2.05, 4.69) is 19.1 Å². The smallest absolute Gasteiger partial charge is 0.351 e. The van der Waals surface area contributed by atoms with E-state index < -0.39 is 0 Å². The zero-order valence-electron chi connectivity index (χ0n) is 12.4. The van der Waals surface area contributed by atoms with Crippen molar-refractivity contribution in [2.45, 2.75) is 38.6 Å². The molecule has 4 heteroatoms. The predicted octanol–water partition coefficient (Wildman–Crippen LogP) is 3.61. The van der Waals surface area contributed by atoms with Crippen LogP contribution in [0.1, 0.15) is 44.2 Å². The van der Waals surface area contributed by atoms with Gasteiger partial charge in [-0.3, -0.25) is 0 Å². The van der Waals surface area contributed by atoms with Crippen molar-refractivity contribution in [1.82, 2.24) is 9.96 Å². The van der Waals surface area contributed by atoms with Gasteiger partial charge in [0.05, 0.1) is 6.04 Å². The molecule has 0 N–H and O–H groups in total. The van der Waals surface area contributed by atoms with Crippen LogP contribution in [0.25, 0.3) is 0 Å². The summed E-state index contributed by atoms with van der Waals surface area (Å²) in [6, 6.07) is 10.2. The van der Waals surface area contributed by atoms with Crippen molar-refractivity contribution < 1.29 is 9.63 Å². The van der Waals surface area contributed by atoms with E-state index in [1.165, 1.54) is 6.42 Å². The second-order valence-corrected chi connectivity index (χ2v) is 5.29. The van der Waals surface area contributed by atoms with E-state index in [-0.39, 0.29) is 12.1 Å². The molecule has 1 amide bonds. The molecular weight excluding hydrogens is 252 g/mol. The second kappa shape index (κ2) is 7.29. The fourth-order valence-corrected chi connectivity index (χ4v) is 2.67. The Morgan fingerprint density at radius 1 is 1.25 bits per heavy atom. The van der Waals surface area contributed by atoms with Gasteiger partial charge < -0.3 is 9.74 Å². The highest BCUT2D eigenvalue weighted by Crippen LogP contribution is 2.23. The number of amides is 1. The van der Waals surface area contributed by atoms with Crippen LogP contribution in [0.4, 0.5) is 4.79 Å². The average molecular weight is 276 g/mol. The number of carbonyl (C=O) groups is 1. The number of benzene rings is 1. The van der Waals surface area contributed by atoms with Crippen LogP contribution in [0.3, 0.4) is 0 Å². The van der Waals surface area contributed by atoms with Crippen LogP contribution < -0.4 is 0 Å². The van der Waals surface area contributed by atoms with E-state index in [0.29, 0.717) is 0 Å². The van der Waals surface area contributed by atoms with Gasteiger partial charge in [0.25, 0.3) is 0 Å². The zero-order chi connectivity index (χ0) is 14.4. The third kappa shape index (κ3) is 3.73. The molecule has 2 rings (SSSR count). The molecule has 1 aromatic rings. The molecule has 1 atom stereocenters. The summed E-state index contributed by atoms with van der Waals surface area (Å²) >= 11 is 0. The Hall–Kier alpha value is -1.55. The highest BCUT2D eigenvalue weighted by atomic mass is 16.7. The first-order valence-corrected chi connectivity index (χ1v) is 7.47. The molecule has 0 bridgehead atoms. The van der Waals surface area contributed by atoms with Crippen LogP contribution in [0.5, 0.6) is 0 Å². The summed E-state index contributed by atoms with van der Waals surface area (Å²) in [7, 11) is 1.81. The number of rotatable bonds is 4. The normalized spacial score (nSPS) is 17.5. The summed E-state index contributed by atoms with van der Waals surface area (Å²) in [5, 5.41) is 1.79. The van der Waals surface area contributed by atoms with Crippen LogP contribution in [-0.2, 0) is 4.84 Å². The lowest BCUT2D eigenvalue weighted by molar-refractivity contribution is -0.123. The molecule has 1 unspecified atom stereocenters. The molecule has 110 valence electrons. The average Bonchev–Trinajstić information content (AvgIpc) is 2.50. The van der Waals surface area contributed by atoms with E-state index in [1.54, 1.807) is 9.96 Å². The first-order valence-electron chi connectivity index (χ1n) is 7.47. The molecule has 0 radical (unpaired) electrons. The van der Waals surface area contributed by atoms with Crippen LogP contribution in [-0.4, -0.2) is 36.2 Å². The topological polar surface area (TPSA) is 32.8 Å². The van der Waals surface area contributed by atoms with Crippen LogP contribution in [0.15, 0.2) is 30.3 Å². The molecule has 4 nitrogen and oxygen atoms in total.